The number of carbonyl (C=O) groups is 1. The van der Waals surface area contributed by atoms with E-state index < -0.39 is 0 Å². The third kappa shape index (κ3) is 5.35. The molecule has 1 aliphatic heterocycles. The molecule has 0 aliphatic carbocycles. The summed E-state index contributed by atoms with van der Waals surface area (Å²) in [6, 6.07) is 9.38. The lowest BCUT2D eigenvalue weighted by Gasteiger charge is -2.38. The standard InChI is InChI=1S/C22H27BrN4O/c1-15-10-16(2)14-27(13-15)17(3)20-11-19(23)4-5-21(20)26-22(28)25-12-18-6-8-24-9-7-18/h4-9,11,15-16H,3,10,12-14H2,1-2H3,(H2,25,26,28)/t15-,16+. The number of piperidine rings is 1. The fourth-order valence-electron chi connectivity index (χ4n) is 3.77. The van der Waals surface area contributed by atoms with Gasteiger partial charge >= 0.3 is 6.03 Å². The normalized spacial score (nSPS) is 19.2. The van der Waals surface area contributed by atoms with Crippen LogP contribution in [0.2, 0.25) is 0 Å². The molecule has 6 heteroatoms. The van der Waals surface area contributed by atoms with Crippen LogP contribution in [0, 0.1) is 11.8 Å². The maximum absolute atomic E-state index is 12.4. The summed E-state index contributed by atoms with van der Waals surface area (Å²) >= 11 is 3.55. The van der Waals surface area contributed by atoms with Crippen molar-refractivity contribution < 1.29 is 4.79 Å². The highest BCUT2D eigenvalue weighted by Crippen LogP contribution is 2.32. The Morgan fingerprint density at radius 2 is 1.89 bits per heavy atom. The first-order valence-electron chi connectivity index (χ1n) is 9.60. The maximum Gasteiger partial charge on any atom is 0.319 e. The van der Waals surface area contributed by atoms with Crippen molar-refractivity contribution in [1.29, 1.82) is 0 Å². The Morgan fingerprint density at radius 3 is 2.57 bits per heavy atom. The van der Waals surface area contributed by atoms with E-state index in [4.69, 9.17) is 0 Å². The summed E-state index contributed by atoms with van der Waals surface area (Å²) in [7, 11) is 0. The van der Waals surface area contributed by atoms with E-state index in [2.05, 4.69) is 56.9 Å². The molecule has 0 saturated carbocycles. The van der Waals surface area contributed by atoms with Gasteiger partial charge in [-0.15, -0.1) is 0 Å². The predicted molar refractivity (Wildman–Crippen MR) is 118 cm³/mol. The van der Waals surface area contributed by atoms with Gasteiger partial charge in [0.1, 0.15) is 0 Å². The molecule has 2 atom stereocenters. The molecule has 0 spiro atoms. The van der Waals surface area contributed by atoms with E-state index in [1.54, 1.807) is 12.4 Å². The number of anilines is 1. The number of aromatic nitrogens is 1. The van der Waals surface area contributed by atoms with Crippen LogP contribution >= 0.6 is 15.9 Å². The lowest BCUT2D eigenvalue weighted by atomic mass is 9.91. The highest BCUT2D eigenvalue weighted by atomic mass is 79.9. The zero-order valence-electron chi connectivity index (χ0n) is 16.4. The molecule has 2 N–H and O–H groups in total. The van der Waals surface area contributed by atoms with Crippen molar-refractivity contribution in [3.8, 4) is 0 Å². The van der Waals surface area contributed by atoms with Crippen LogP contribution in [-0.2, 0) is 6.54 Å². The van der Waals surface area contributed by atoms with Crippen LogP contribution in [0.3, 0.4) is 0 Å². The lowest BCUT2D eigenvalue weighted by molar-refractivity contribution is 0.204. The van der Waals surface area contributed by atoms with Gasteiger partial charge in [-0.3, -0.25) is 4.98 Å². The van der Waals surface area contributed by atoms with E-state index in [1.165, 1.54) is 6.42 Å². The second-order valence-electron chi connectivity index (χ2n) is 7.65. The summed E-state index contributed by atoms with van der Waals surface area (Å²) in [5.41, 5.74) is 3.65. The van der Waals surface area contributed by atoms with Gasteiger partial charge in [-0.25, -0.2) is 4.79 Å². The van der Waals surface area contributed by atoms with E-state index in [0.717, 1.165) is 40.1 Å². The van der Waals surface area contributed by atoms with E-state index >= 15 is 0 Å². The van der Waals surface area contributed by atoms with Crippen LogP contribution in [-0.4, -0.2) is 29.0 Å². The number of urea groups is 1. The molecule has 1 fully saturated rings. The van der Waals surface area contributed by atoms with Crippen molar-refractivity contribution in [2.75, 3.05) is 18.4 Å². The Hall–Kier alpha value is -2.34. The van der Waals surface area contributed by atoms with Crippen molar-refractivity contribution in [3.05, 3.63) is 64.9 Å². The quantitative estimate of drug-likeness (QED) is 0.675. The minimum Gasteiger partial charge on any atom is -0.371 e. The minimum atomic E-state index is -0.242. The van der Waals surface area contributed by atoms with Gasteiger partial charge in [0.2, 0.25) is 0 Å². The second kappa shape index (κ2) is 9.24. The predicted octanol–water partition coefficient (Wildman–Crippen LogP) is 5.11. The summed E-state index contributed by atoms with van der Waals surface area (Å²) < 4.78 is 0.963. The number of benzene rings is 1. The van der Waals surface area contributed by atoms with Crippen molar-refractivity contribution in [2.24, 2.45) is 11.8 Å². The molecule has 3 rings (SSSR count). The summed E-state index contributed by atoms with van der Waals surface area (Å²) in [5.74, 6) is 1.26. The average molecular weight is 443 g/mol. The Morgan fingerprint density at radius 1 is 1.21 bits per heavy atom. The number of hydrogen-bond acceptors (Lipinski definition) is 3. The lowest BCUT2D eigenvalue weighted by Crippen LogP contribution is -2.37. The number of amides is 2. The van der Waals surface area contributed by atoms with Crippen molar-refractivity contribution in [1.82, 2.24) is 15.2 Å². The summed E-state index contributed by atoms with van der Waals surface area (Å²) in [6.07, 6.45) is 4.67. The molecule has 1 aromatic carbocycles. The molecular weight excluding hydrogens is 416 g/mol. The first kappa shape index (κ1) is 20.4. The zero-order chi connectivity index (χ0) is 20.1. The Bertz CT molecular complexity index is 830. The molecule has 0 bridgehead atoms. The molecule has 148 valence electrons. The average Bonchev–Trinajstić information content (AvgIpc) is 2.67. The minimum absolute atomic E-state index is 0.242. The van der Waals surface area contributed by atoms with Crippen LogP contribution in [0.5, 0.6) is 0 Å². The summed E-state index contributed by atoms with van der Waals surface area (Å²) in [6.45, 7) is 11.3. The first-order valence-corrected chi connectivity index (χ1v) is 10.4. The van der Waals surface area contributed by atoms with Gasteiger partial charge in [0, 0.05) is 47.8 Å². The molecular formula is C22H27BrN4O. The monoisotopic (exact) mass is 442 g/mol. The second-order valence-corrected chi connectivity index (χ2v) is 8.57. The van der Waals surface area contributed by atoms with Crippen molar-refractivity contribution >= 4 is 33.3 Å². The van der Waals surface area contributed by atoms with Gasteiger partial charge in [-0.2, -0.15) is 0 Å². The van der Waals surface area contributed by atoms with Crippen LogP contribution in [0.1, 0.15) is 31.4 Å². The molecule has 2 amide bonds. The van der Waals surface area contributed by atoms with E-state index in [1.807, 2.05) is 30.3 Å². The van der Waals surface area contributed by atoms with Crippen LogP contribution in [0.15, 0.2) is 53.8 Å². The van der Waals surface area contributed by atoms with Gasteiger partial charge in [0.15, 0.2) is 0 Å². The number of pyridine rings is 1. The number of hydrogen-bond donors (Lipinski definition) is 2. The van der Waals surface area contributed by atoms with Crippen LogP contribution < -0.4 is 10.6 Å². The maximum atomic E-state index is 12.4. The number of rotatable bonds is 5. The van der Waals surface area contributed by atoms with Crippen LogP contribution in [0.25, 0.3) is 5.70 Å². The summed E-state index contributed by atoms with van der Waals surface area (Å²) in [4.78, 5) is 18.8. The molecule has 1 saturated heterocycles. The first-order chi connectivity index (χ1) is 13.4. The number of likely N-dealkylation sites (tertiary alicyclic amines) is 1. The smallest absolute Gasteiger partial charge is 0.319 e. The molecule has 1 aliphatic rings. The SMILES string of the molecule is C=C(c1cc(Br)ccc1NC(=O)NCc1ccncc1)N1C[C@H](C)C[C@H](C)C1. The third-order valence-corrected chi connectivity index (χ3v) is 5.49. The fourth-order valence-corrected chi connectivity index (χ4v) is 4.13. The Labute approximate surface area is 175 Å². The van der Waals surface area contributed by atoms with Crippen molar-refractivity contribution in [3.63, 3.8) is 0 Å². The van der Waals surface area contributed by atoms with E-state index in [-0.39, 0.29) is 6.03 Å². The zero-order valence-corrected chi connectivity index (χ0v) is 18.0. The van der Waals surface area contributed by atoms with Gasteiger partial charge < -0.3 is 15.5 Å². The number of nitrogens with one attached hydrogen (secondary N) is 2. The summed E-state index contributed by atoms with van der Waals surface area (Å²) in [5, 5.41) is 5.87. The molecule has 2 aromatic rings. The molecule has 2 heterocycles. The topological polar surface area (TPSA) is 57.3 Å². The molecule has 0 radical (unpaired) electrons. The van der Waals surface area contributed by atoms with E-state index in [0.29, 0.717) is 18.4 Å². The Balaban J connectivity index is 1.71. The molecule has 5 nitrogen and oxygen atoms in total. The Kier molecular flexibility index (Phi) is 6.73. The van der Waals surface area contributed by atoms with Crippen molar-refractivity contribution in [2.45, 2.75) is 26.8 Å². The van der Waals surface area contributed by atoms with Gasteiger partial charge in [-0.1, -0.05) is 36.4 Å². The molecule has 28 heavy (non-hydrogen) atoms. The number of nitrogens with zero attached hydrogens (tertiary/aromatic N) is 2. The highest BCUT2D eigenvalue weighted by Gasteiger charge is 2.24. The fraction of sp³-hybridized carbons (Fsp3) is 0.364. The largest absolute Gasteiger partial charge is 0.371 e. The van der Waals surface area contributed by atoms with E-state index in [9.17, 15) is 4.79 Å². The number of halogens is 1. The van der Waals surface area contributed by atoms with Gasteiger partial charge in [-0.05, 0) is 54.2 Å². The molecule has 0 unspecified atom stereocenters. The third-order valence-electron chi connectivity index (χ3n) is 4.99. The highest BCUT2D eigenvalue weighted by molar-refractivity contribution is 9.10. The molecule has 1 aromatic heterocycles. The van der Waals surface area contributed by atoms with Gasteiger partial charge in [0.05, 0.1) is 5.69 Å². The number of carbonyl (C=O) groups excluding carboxylic acids is 1. The van der Waals surface area contributed by atoms with Crippen LogP contribution in [0.4, 0.5) is 10.5 Å². The van der Waals surface area contributed by atoms with Gasteiger partial charge in [0.25, 0.3) is 0 Å².